The second-order valence-corrected chi connectivity index (χ2v) is 13.6. The molecule has 4 atom stereocenters. The van der Waals surface area contributed by atoms with Gasteiger partial charge < -0.3 is 0 Å². The van der Waals surface area contributed by atoms with E-state index in [1.54, 1.807) is 48.5 Å². The number of hydrogen-bond acceptors (Lipinski definition) is 4. The fourth-order valence-electron chi connectivity index (χ4n) is 6.03. The maximum Gasteiger partial charge on any atom is 0.282 e. The van der Waals surface area contributed by atoms with Crippen LogP contribution in [0.2, 0.25) is 0 Å². The smallest absolute Gasteiger partial charge is 0.199 e. The van der Waals surface area contributed by atoms with E-state index in [9.17, 15) is 16.8 Å². The normalized spacial score (nSPS) is 26.4. The fraction of sp³-hybridized carbons (Fsp3) is 0.267. The molecule has 38 heavy (non-hydrogen) atoms. The summed E-state index contributed by atoms with van der Waals surface area (Å²) in [7, 11) is -7.96. The van der Waals surface area contributed by atoms with E-state index < -0.39 is 20.0 Å². The summed E-state index contributed by atoms with van der Waals surface area (Å²) in [5.74, 6) is -0.447. The molecule has 6 nitrogen and oxygen atoms in total. The van der Waals surface area contributed by atoms with Crippen LogP contribution in [0, 0.1) is 37.5 Å². The molecule has 0 N–H and O–H groups in total. The van der Waals surface area contributed by atoms with E-state index >= 15 is 0 Å². The summed E-state index contributed by atoms with van der Waals surface area (Å²) in [4.78, 5) is 0.283. The molecule has 4 aliphatic carbocycles. The highest BCUT2D eigenvalue weighted by Crippen LogP contribution is 2.51. The second kappa shape index (κ2) is 9.13. The van der Waals surface area contributed by atoms with E-state index in [1.807, 2.05) is 38.1 Å². The van der Waals surface area contributed by atoms with Gasteiger partial charge in [-0.3, -0.25) is 0 Å². The zero-order chi connectivity index (χ0) is 26.7. The molecule has 0 heterocycles. The van der Waals surface area contributed by atoms with Gasteiger partial charge in [0, 0.05) is 23.0 Å². The minimum Gasteiger partial charge on any atom is -0.199 e. The molecule has 0 radical (unpaired) electrons. The van der Waals surface area contributed by atoms with Crippen molar-refractivity contribution in [3.63, 3.8) is 0 Å². The lowest BCUT2D eigenvalue weighted by atomic mass is 9.55. The van der Waals surface area contributed by atoms with Crippen LogP contribution in [-0.4, -0.2) is 28.3 Å². The molecular weight excluding hydrogens is 516 g/mol. The number of sulfonamides is 2. The fourth-order valence-corrected chi connectivity index (χ4v) is 8.16. The number of fused-ring (bicyclic) bond motifs is 2. The maximum atomic E-state index is 13.5. The Hall–Kier alpha value is -3.36. The highest BCUT2D eigenvalue weighted by atomic mass is 32.2. The Morgan fingerprint density at radius 3 is 1.29 bits per heavy atom. The number of benzene rings is 3. The van der Waals surface area contributed by atoms with E-state index in [-0.39, 0.29) is 33.5 Å². The summed E-state index contributed by atoms with van der Waals surface area (Å²) < 4.78 is 62.9. The molecule has 1 fully saturated rings. The van der Waals surface area contributed by atoms with Crippen LogP contribution in [0.25, 0.3) is 0 Å². The predicted molar refractivity (Wildman–Crippen MR) is 149 cm³/mol. The first-order valence-electron chi connectivity index (χ1n) is 12.8. The van der Waals surface area contributed by atoms with Crippen molar-refractivity contribution >= 4 is 31.5 Å². The SMILES string of the molecule is Cc1ccc(S(=O)(=O)N=C2c3ccccc3C(=NS(=O)(=O)c3ccc(C)cc3)[C@H]3[C@H]2[C@H]2C=C[C@H]3CC2)cc1. The Kier molecular flexibility index (Phi) is 6.00. The van der Waals surface area contributed by atoms with Crippen molar-refractivity contribution in [1.82, 2.24) is 0 Å². The highest BCUT2D eigenvalue weighted by Gasteiger charge is 2.50. The number of nitrogens with zero attached hydrogens (tertiary/aromatic N) is 2. The minimum atomic E-state index is -3.98. The van der Waals surface area contributed by atoms with Crippen LogP contribution >= 0.6 is 0 Å². The Balaban J connectivity index is 1.57. The van der Waals surface area contributed by atoms with Crippen LogP contribution in [0.5, 0.6) is 0 Å². The van der Waals surface area contributed by atoms with Crippen molar-refractivity contribution < 1.29 is 16.8 Å². The molecule has 3 aromatic carbocycles. The molecule has 1 saturated carbocycles. The molecule has 0 unspecified atom stereocenters. The van der Waals surface area contributed by atoms with Crippen molar-refractivity contribution in [3.8, 4) is 0 Å². The highest BCUT2D eigenvalue weighted by molar-refractivity contribution is 7.90. The van der Waals surface area contributed by atoms with E-state index in [4.69, 9.17) is 0 Å². The monoisotopic (exact) mass is 544 g/mol. The summed E-state index contributed by atoms with van der Waals surface area (Å²) in [6.45, 7) is 3.81. The van der Waals surface area contributed by atoms with E-state index in [2.05, 4.69) is 20.9 Å². The van der Waals surface area contributed by atoms with Gasteiger partial charge in [0.25, 0.3) is 20.0 Å². The lowest BCUT2D eigenvalue weighted by Gasteiger charge is -2.48. The first kappa shape index (κ1) is 24.9. The van der Waals surface area contributed by atoms with E-state index in [0.29, 0.717) is 22.6 Å². The molecule has 7 rings (SSSR count). The molecular formula is C30H28N2O4S2. The molecule has 0 saturated heterocycles. The average molecular weight is 545 g/mol. The van der Waals surface area contributed by atoms with Gasteiger partial charge in [0.1, 0.15) is 0 Å². The number of rotatable bonds is 4. The topological polar surface area (TPSA) is 93.0 Å². The quantitative estimate of drug-likeness (QED) is 0.405. The molecule has 8 heteroatoms. The third-order valence-corrected chi connectivity index (χ3v) is 10.5. The molecule has 0 amide bonds. The van der Waals surface area contributed by atoms with E-state index in [1.165, 1.54) is 0 Å². The van der Waals surface area contributed by atoms with Gasteiger partial charge in [-0.2, -0.15) is 25.6 Å². The van der Waals surface area contributed by atoms with Gasteiger partial charge in [0.05, 0.1) is 21.2 Å². The molecule has 4 aliphatic rings. The molecule has 3 aromatic rings. The Bertz CT molecular complexity index is 1590. The third kappa shape index (κ3) is 4.25. The summed E-state index contributed by atoms with van der Waals surface area (Å²) in [6, 6.07) is 20.7. The lowest BCUT2D eigenvalue weighted by Crippen LogP contribution is -2.49. The van der Waals surface area contributed by atoms with Crippen molar-refractivity contribution in [3.05, 3.63) is 107 Å². The molecule has 194 valence electrons. The zero-order valence-corrected chi connectivity index (χ0v) is 22.8. The number of allylic oxidation sites excluding steroid dienone is 2. The van der Waals surface area contributed by atoms with Crippen LogP contribution < -0.4 is 0 Å². The first-order valence-corrected chi connectivity index (χ1v) is 15.6. The van der Waals surface area contributed by atoms with Crippen LogP contribution in [0.4, 0.5) is 0 Å². The predicted octanol–water partition coefficient (Wildman–Crippen LogP) is 5.50. The summed E-state index contributed by atoms with van der Waals surface area (Å²) >= 11 is 0. The van der Waals surface area contributed by atoms with Crippen molar-refractivity contribution in [1.29, 1.82) is 0 Å². The lowest BCUT2D eigenvalue weighted by molar-refractivity contribution is 0.226. The molecule has 2 bridgehead atoms. The van der Waals surface area contributed by atoms with Crippen molar-refractivity contribution in [2.45, 2.75) is 36.5 Å². The van der Waals surface area contributed by atoms with Crippen molar-refractivity contribution in [2.75, 3.05) is 0 Å². The van der Waals surface area contributed by atoms with Crippen LogP contribution in [0.15, 0.2) is 104 Å². The van der Waals surface area contributed by atoms with Crippen molar-refractivity contribution in [2.24, 2.45) is 32.5 Å². The number of aryl methyl sites for hydroxylation is 2. The standard InChI is InChI=1S/C30H28N2O4S2/c1-19-7-15-23(16-8-19)37(33,34)31-29-25-5-3-4-6-26(25)30(28-22-13-11-21(12-14-22)27(28)29)32-38(35,36)24-17-9-20(2)10-18-24/h3-11,13,15-18,21-22,27-28H,12,14H2,1-2H3/t21-,22-,27+,28+/m0/s1. The average Bonchev–Trinajstić information content (AvgIpc) is 2.91. The van der Waals surface area contributed by atoms with Gasteiger partial charge in [-0.1, -0.05) is 71.8 Å². The Morgan fingerprint density at radius 1 is 0.579 bits per heavy atom. The molecule has 0 aromatic heterocycles. The third-order valence-electron chi connectivity index (χ3n) is 7.93. The summed E-state index contributed by atoms with van der Waals surface area (Å²) in [6.07, 6.45) is 6.07. The maximum absolute atomic E-state index is 13.5. The van der Waals surface area contributed by atoms with Gasteiger partial charge >= 0.3 is 0 Å². The Labute approximate surface area is 224 Å². The summed E-state index contributed by atoms with van der Waals surface area (Å²) in [5.41, 5.74) is 4.18. The van der Waals surface area contributed by atoms with Crippen LogP contribution in [-0.2, 0) is 20.0 Å². The second-order valence-electron chi connectivity index (χ2n) is 10.4. The van der Waals surface area contributed by atoms with Gasteiger partial charge in [-0.05, 0) is 62.8 Å². The number of hydrogen-bond donors (Lipinski definition) is 0. The van der Waals surface area contributed by atoms with E-state index in [0.717, 1.165) is 24.0 Å². The largest absolute Gasteiger partial charge is 0.282 e. The minimum absolute atomic E-state index is 0.0533. The van der Waals surface area contributed by atoms with Gasteiger partial charge in [-0.25, -0.2) is 0 Å². The summed E-state index contributed by atoms with van der Waals surface area (Å²) in [5, 5.41) is 0. The van der Waals surface area contributed by atoms with Gasteiger partial charge in [0.2, 0.25) is 0 Å². The molecule has 0 spiro atoms. The van der Waals surface area contributed by atoms with Gasteiger partial charge in [0.15, 0.2) is 0 Å². The van der Waals surface area contributed by atoms with Gasteiger partial charge in [-0.15, -0.1) is 0 Å². The van der Waals surface area contributed by atoms with Crippen LogP contribution in [0.3, 0.4) is 0 Å². The first-order chi connectivity index (χ1) is 18.1. The molecule has 0 aliphatic heterocycles. The zero-order valence-electron chi connectivity index (χ0n) is 21.2. The Morgan fingerprint density at radius 2 is 0.947 bits per heavy atom. The van der Waals surface area contributed by atoms with Crippen LogP contribution in [0.1, 0.15) is 35.1 Å².